The molecule has 0 aromatic heterocycles. The Kier molecular flexibility index (Phi) is 5.42. The van der Waals surface area contributed by atoms with Crippen LogP contribution in [0, 0.1) is 23.0 Å². The highest BCUT2D eigenvalue weighted by Gasteiger charge is 2.17. The van der Waals surface area contributed by atoms with Gasteiger partial charge in [0.15, 0.2) is 0 Å². The third-order valence-electron chi connectivity index (χ3n) is 3.35. The van der Waals surface area contributed by atoms with Crippen molar-refractivity contribution in [2.75, 3.05) is 6.54 Å². The highest BCUT2D eigenvalue weighted by atomic mass is 19.1. The van der Waals surface area contributed by atoms with Gasteiger partial charge in [0.2, 0.25) is 0 Å². The summed E-state index contributed by atoms with van der Waals surface area (Å²) in [7, 11) is 0. The van der Waals surface area contributed by atoms with Gasteiger partial charge in [-0.3, -0.25) is 4.79 Å². The molecule has 0 aliphatic carbocycles. The van der Waals surface area contributed by atoms with Gasteiger partial charge in [-0.1, -0.05) is 19.1 Å². The zero-order chi connectivity index (χ0) is 16.8. The average Bonchev–Trinajstić information content (AvgIpc) is 2.53. The number of benzene rings is 2. The largest absolute Gasteiger partial charge is 0.334 e. The van der Waals surface area contributed by atoms with Crippen LogP contribution in [0.25, 0.3) is 0 Å². The van der Waals surface area contributed by atoms with E-state index in [4.69, 9.17) is 5.26 Å². The lowest BCUT2D eigenvalue weighted by Crippen LogP contribution is -2.31. The van der Waals surface area contributed by atoms with Crippen LogP contribution in [-0.4, -0.2) is 17.4 Å². The zero-order valence-electron chi connectivity index (χ0n) is 12.7. The van der Waals surface area contributed by atoms with Crippen molar-refractivity contribution in [3.63, 3.8) is 0 Å². The fraction of sp³-hybridized carbons (Fsp3) is 0.222. The predicted octanol–water partition coefficient (Wildman–Crippen LogP) is 3.89. The number of amides is 1. The van der Waals surface area contributed by atoms with E-state index in [9.17, 15) is 13.6 Å². The van der Waals surface area contributed by atoms with Crippen LogP contribution in [0.3, 0.4) is 0 Å². The quantitative estimate of drug-likeness (QED) is 0.840. The van der Waals surface area contributed by atoms with Crippen molar-refractivity contribution in [3.05, 3.63) is 70.8 Å². The number of carbonyl (C=O) groups is 1. The van der Waals surface area contributed by atoms with Crippen LogP contribution in [0.2, 0.25) is 0 Å². The minimum atomic E-state index is -0.775. The van der Waals surface area contributed by atoms with Crippen LogP contribution in [0.15, 0.2) is 42.5 Å². The first-order chi connectivity index (χ1) is 11.0. The zero-order valence-corrected chi connectivity index (χ0v) is 12.7. The van der Waals surface area contributed by atoms with Gasteiger partial charge in [-0.2, -0.15) is 5.26 Å². The maximum absolute atomic E-state index is 13.3. The minimum Gasteiger partial charge on any atom is -0.334 e. The van der Waals surface area contributed by atoms with Crippen LogP contribution >= 0.6 is 0 Å². The molecule has 0 spiro atoms. The molecule has 0 aliphatic rings. The smallest absolute Gasteiger partial charge is 0.254 e. The molecular formula is C18H16F2N2O. The van der Waals surface area contributed by atoms with Crippen LogP contribution in [0.4, 0.5) is 8.78 Å². The Morgan fingerprint density at radius 3 is 2.26 bits per heavy atom. The van der Waals surface area contributed by atoms with Gasteiger partial charge < -0.3 is 4.90 Å². The molecule has 118 valence electrons. The van der Waals surface area contributed by atoms with Gasteiger partial charge in [0.1, 0.15) is 11.6 Å². The van der Waals surface area contributed by atoms with E-state index in [0.717, 1.165) is 30.2 Å². The molecule has 5 heteroatoms. The number of hydrogen-bond acceptors (Lipinski definition) is 2. The molecule has 2 aromatic rings. The molecule has 23 heavy (non-hydrogen) atoms. The molecular weight excluding hydrogens is 298 g/mol. The molecule has 0 bridgehead atoms. The summed E-state index contributed by atoms with van der Waals surface area (Å²) in [6.07, 6.45) is 0.722. The number of carbonyl (C=O) groups excluding carboxylic acids is 1. The van der Waals surface area contributed by atoms with E-state index in [1.807, 2.05) is 13.0 Å². The van der Waals surface area contributed by atoms with Crippen molar-refractivity contribution in [1.29, 1.82) is 5.26 Å². The Bertz CT molecular complexity index is 715. The van der Waals surface area contributed by atoms with Crippen molar-refractivity contribution < 1.29 is 13.6 Å². The Labute approximate surface area is 133 Å². The predicted molar refractivity (Wildman–Crippen MR) is 82.5 cm³/mol. The van der Waals surface area contributed by atoms with Crippen molar-refractivity contribution in [2.24, 2.45) is 0 Å². The summed E-state index contributed by atoms with van der Waals surface area (Å²) < 4.78 is 26.6. The Morgan fingerprint density at radius 2 is 1.74 bits per heavy atom. The van der Waals surface area contributed by atoms with Gasteiger partial charge in [-0.05, 0) is 36.2 Å². The molecule has 0 saturated carbocycles. The van der Waals surface area contributed by atoms with Crippen LogP contribution in [0.1, 0.15) is 34.8 Å². The molecule has 0 fully saturated rings. The summed E-state index contributed by atoms with van der Waals surface area (Å²) in [6, 6.07) is 11.7. The van der Waals surface area contributed by atoms with E-state index < -0.39 is 17.5 Å². The lowest BCUT2D eigenvalue weighted by molar-refractivity contribution is 0.0742. The van der Waals surface area contributed by atoms with E-state index in [1.165, 1.54) is 4.90 Å². The summed E-state index contributed by atoms with van der Waals surface area (Å²) in [5.74, 6) is -1.97. The number of hydrogen-bond donors (Lipinski definition) is 0. The Hall–Kier alpha value is -2.74. The Morgan fingerprint density at radius 1 is 1.13 bits per heavy atom. The topological polar surface area (TPSA) is 44.1 Å². The molecule has 0 unspecified atom stereocenters. The number of rotatable bonds is 5. The first-order valence-electron chi connectivity index (χ1n) is 7.28. The highest BCUT2D eigenvalue weighted by Crippen LogP contribution is 2.14. The molecule has 0 radical (unpaired) electrons. The van der Waals surface area contributed by atoms with Gasteiger partial charge in [0.05, 0.1) is 11.6 Å². The molecule has 1 amide bonds. The molecule has 2 aromatic carbocycles. The summed E-state index contributed by atoms with van der Waals surface area (Å²) in [5.41, 5.74) is 1.38. The van der Waals surface area contributed by atoms with Gasteiger partial charge in [-0.15, -0.1) is 0 Å². The third-order valence-corrected chi connectivity index (χ3v) is 3.35. The first kappa shape index (κ1) is 16.6. The Balaban J connectivity index is 2.22. The fourth-order valence-electron chi connectivity index (χ4n) is 2.29. The molecule has 3 nitrogen and oxygen atoms in total. The second-order valence-electron chi connectivity index (χ2n) is 5.19. The van der Waals surface area contributed by atoms with Crippen molar-refractivity contribution >= 4 is 5.91 Å². The fourth-order valence-corrected chi connectivity index (χ4v) is 2.29. The average molecular weight is 314 g/mol. The lowest BCUT2D eigenvalue weighted by Gasteiger charge is -2.22. The van der Waals surface area contributed by atoms with Gasteiger partial charge >= 0.3 is 0 Å². The van der Waals surface area contributed by atoms with Crippen LogP contribution < -0.4 is 0 Å². The van der Waals surface area contributed by atoms with E-state index in [-0.39, 0.29) is 5.56 Å². The van der Waals surface area contributed by atoms with Crippen molar-refractivity contribution in [3.8, 4) is 6.07 Å². The monoisotopic (exact) mass is 314 g/mol. The third kappa shape index (κ3) is 4.36. The standard InChI is InChI=1S/C18H16F2N2O/c1-2-7-22(12-14-5-3-13(11-21)4-6-14)18(23)15-8-16(19)10-17(20)9-15/h3-6,8-10H,2,7,12H2,1H3. The summed E-state index contributed by atoms with van der Waals surface area (Å²) in [5, 5.41) is 8.80. The molecule has 0 heterocycles. The lowest BCUT2D eigenvalue weighted by atomic mass is 10.1. The molecule has 2 rings (SSSR count). The second kappa shape index (κ2) is 7.50. The van der Waals surface area contributed by atoms with E-state index >= 15 is 0 Å². The first-order valence-corrected chi connectivity index (χ1v) is 7.28. The number of halogens is 2. The summed E-state index contributed by atoms with van der Waals surface area (Å²) in [6.45, 7) is 2.71. The normalized spacial score (nSPS) is 10.2. The summed E-state index contributed by atoms with van der Waals surface area (Å²) in [4.78, 5) is 14.0. The van der Waals surface area contributed by atoms with Crippen LogP contribution in [-0.2, 0) is 6.54 Å². The van der Waals surface area contributed by atoms with E-state index in [0.29, 0.717) is 18.7 Å². The minimum absolute atomic E-state index is 0.00963. The number of nitriles is 1. The number of nitrogens with zero attached hydrogens (tertiary/aromatic N) is 2. The molecule has 0 aliphatic heterocycles. The highest BCUT2D eigenvalue weighted by molar-refractivity contribution is 5.94. The summed E-state index contributed by atoms with van der Waals surface area (Å²) >= 11 is 0. The molecule has 0 N–H and O–H groups in total. The van der Waals surface area contributed by atoms with E-state index in [2.05, 4.69) is 0 Å². The maximum atomic E-state index is 13.3. The van der Waals surface area contributed by atoms with Crippen LogP contribution in [0.5, 0.6) is 0 Å². The van der Waals surface area contributed by atoms with Crippen molar-refractivity contribution in [1.82, 2.24) is 4.90 Å². The molecule has 0 saturated heterocycles. The SMILES string of the molecule is CCCN(Cc1ccc(C#N)cc1)C(=O)c1cc(F)cc(F)c1. The van der Waals surface area contributed by atoms with Gasteiger partial charge in [0.25, 0.3) is 5.91 Å². The van der Waals surface area contributed by atoms with Crippen molar-refractivity contribution in [2.45, 2.75) is 19.9 Å². The van der Waals surface area contributed by atoms with E-state index in [1.54, 1.807) is 24.3 Å². The maximum Gasteiger partial charge on any atom is 0.254 e. The second-order valence-corrected chi connectivity index (χ2v) is 5.19. The molecule has 0 atom stereocenters. The van der Waals surface area contributed by atoms with Gasteiger partial charge in [-0.25, -0.2) is 8.78 Å². The van der Waals surface area contributed by atoms with Gasteiger partial charge in [0, 0.05) is 24.7 Å².